The molecule has 1 aliphatic rings. The van der Waals surface area contributed by atoms with Gasteiger partial charge in [-0.15, -0.1) is 0 Å². The molecule has 0 radical (unpaired) electrons. The first-order chi connectivity index (χ1) is 9.08. The minimum atomic E-state index is -1.33. The standard InChI is InChI=1S/C13H27NO5/c1-2-3-4-5-6-14-9(7-15)11(17)13(19)12(18)10(14)8-16/h9-13,15-19H,2-8H2,1H3/t9-,10+,11-,12-,13?/m0/s1. The van der Waals surface area contributed by atoms with Gasteiger partial charge in [0.1, 0.15) is 18.3 Å². The van der Waals surface area contributed by atoms with Gasteiger partial charge < -0.3 is 25.5 Å². The molecule has 1 unspecified atom stereocenters. The number of likely N-dealkylation sites (tertiary alicyclic amines) is 1. The normalized spacial score (nSPS) is 36.6. The third kappa shape index (κ3) is 3.87. The molecule has 0 aromatic heterocycles. The summed E-state index contributed by atoms with van der Waals surface area (Å²) in [5, 5.41) is 48.3. The van der Waals surface area contributed by atoms with E-state index in [1.54, 1.807) is 4.90 Å². The van der Waals surface area contributed by atoms with Gasteiger partial charge in [-0.05, 0) is 13.0 Å². The molecule has 0 aromatic rings. The van der Waals surface area contributed by atoms with Gasteiger partial charge in [-0.3, -0.25) is 4.90 Å². The van der Waals surface area contributed by atoms with E-state index >= 15 is 0 Å². The molecule has 0 saturated carbocycles. The fourth-order valence-electron chi connectivity index (χ4n) is 2.77. The van der Waals surface area contributed by atoms with Crippen molar-refractivity contribution in [1.29, 1.82) is 0 Å². The molecule has 1 aliphatic heterocycles. The van der Waals surface area contributed by atoms with Crippen LogP contribution in [0.3, 0.4) is 0 Å². The third-order valence-electron chi connectivity index (χ3n) is 3.98. The maximum atomic E-state index is 9.90. The number of hydrogen-bond acceptors (Lipinski definition) is 6. The number of aliphatic hydroxyl groups is 5. The maximum absolute atomic E-state index is 9.90. The van der Waals surface area contributed by atoms with Gasteiger partial charge in [0.2, 0.25) is 0 Å². The lowest BCUT2D eigenvalue weighted by molar-refractivity contribution is -0.177. The monoisotopic (exact) mass is 277 g/mol. The second kappa shape index (κ2) is 8.14. The van der Waals surface area contributed by atoms with E-state index in [-0.39, 0.29) is 13.2 Å². The summed E-state index contributed by atoms with van der Waals surface area (Å²) in [5.74, 6) is 0. The van der Waals surface area contributed by atoms with Crippen LogP contribution < -0.4 is 0 Å². The van der Waals surface area contributed by atoms with Crippen LogP contribution in [0.4, 0.5) is 0 Å². The van der Waals surface area contributed by atoms with Gasteiger partial charge in [0, 0.05) is 0 Å². The molecule has 1 fully saturated rings. The number of rotatable bonds is 7. The third-order valence-corrected chi connectivity index (χ3v) is 3.98. The summed E-state index contributed by atoms with van der Waals surface area (Å²) in [4.78, 5) is 1.72. The summed E-state index contributed by atoms with van der Waals surface area (Å²) < 4.78 is 0. The Kier molecular flexibility index (Phi) is 7.20. The van der Waals surface area contributed by atoms with Gasteiger partial charge in [-0.25, -0.2) is 0 Å². The molecule has 6 heteroatoms. The van der Waals surface area contributed by atoms with Gasteiger partial charge in [-0.2, -0.15) is 0 Å². The van der Waals surface area contributed by atoms with Crippen molar-refractivity contribution in [2.24, 2.45) is 0 Å². The SMILES string of the molecule is CCCCCCN1[C@H](CO)[C@H](O)C(O)[C@@H](O)[C@@H]1CO. The van der Waals surface area contributed by atoms with Crippen molar-refractivity contribution < 1.29 is 25.5 Å². The number of aliphatic hydroxyl groups excluding tert-OH is 5. The van der Waals surface area contributed by atoms with Crippen molar-refractivity contribution >= 4 is 0 Å². The highest BCUT2D eigenvalue weighted by atomic mass is 16.4. The number of unbranched alkanes of at least 4 members (excludes halogenated alkanes) is 3. The zero-order chi connectivity index (χ0) is 14.4. The first kappa shape index (κ1) is 16.8. The van der Waals surface area contributed by atoms with Crippen molar-refractivity contribution in [3.8, 4) is 0 Å². The van der Waals surface area contributed by atoms with Crippen LogP contribution in [0.15, 0.2) is 0 Å². The van der Waals surface area contributed by atoms with Crippen molar-refractivity contribution in [1.82, 2.24) is 4.90 Å². The van der Waals surface area contributed by atoms with E-state index in [2.05, 4.69) is 6.92 Å². The van der Waals surface area contributed by atoms with Crippen LogP contribution in [-0.2, 0) is 0 Å². The Hall–Kier alpha value is -0.240. The molecule has 114 valence electrons. The van der Waals surface area contributed by atoms with Crippen LogP contribution in [0.25, 0.3) is 0 Å². The molecule has 5 N–H and O–H groups in total. The molecule has 1 saturated heterocycles. The van der Waals surface area contributed by atoms with E-state index in [4.69, 9.17) is 0 Å². The van der Waals surface area contributed by atoms with E-state index in [1.165, 1.54) is 0 Å². The highest BCUT2D eigenvalue weighted by Crippen LogP contribution is 2.25. The van der Waals surface area contributed by atoms with Crippen LogP contribution in [0, 0.1) is 0 Å². The predicted octanol–water partition coefficient (Wildman–Crippen LogP) is -1.31. The average Bonchev–Trinajstić information content (AvgIpc) is 2.41. The summed E-state index contributed by atoms with van der Waals surface area (Å²) in [7, 11) is 0. The maximum Gasteiger partial charge on any atom is 0.109 e. The van der Waals surface area contributed by atoms with Gasteiger partial charge in [0.15, 0.2) is 0 Å². The zero-order valence-corrected chi connectivity index (χ0v) is 11.5. The Morgan fingerprint density at radius 3 is 1.74 bits per heavy atom. The van der Waals surface area contributed by atoms with Gasteiger partial charge in [0.05, 0.1) is 25.3 Å². The molecule has 1 heterocycles. The molecule has 0 spiro atoms. The highest BCUT2D eigenvalue weighted by molar-refractivity contribution is 5.00. The Bertz CT molecular complexity index is 235. The van der Waals surface area contributed by atoms with Crippen LogP contribution in [0.1, 0.15) is 32.6 Å². The fraction of sp³-hybridized carbons (Fsp3) is 1.00. The number of hydrogen-bond donors (Lipinski definition) is 5. The minimum absolute atomic E-state index is 0.310. The number of nitrogens with zero attached hydrogens (tertiary/aromatic N) is 1. The molecule has 5 atom stereocenters. The Labute approximate surface area is 114 Å². The summed E-state index contributed by atoms with van der Waals surface area (Å²) in [5.41, 5.74) is 0. The molecule has 0 amide bonds. The van der Waals surface area contributed by atoms with E-state index in [9.17, 15) is 25.5 Å². The summed E-state index contributed by atoms with van der Waals surface area (Å²) in [6.07, 6.45) is 0.379. The summed E-state index contributed by atoms with van der Waals surface area (Å²) in [6.45, 7) is 2.07. The lowest BCUT2D eigenvalue weighted by atomic mass is 9.88. The summed E-state index contributed by atoms with van der Waals surface area (Å²) >= 11 is 0. The predicted molar refractivity (Wildman–Crippen MR) is 70.6 cm³/mol. The molecular formula is C13H27NO5. The molecule has 1 rings (SSSR count). The van der Waals surface area contributed by atoms with E-state index in [0.29, 0.717) is 6.54 Å². The molecule has 0 aromatic carbocycles. The molecule has 6 nitrogen and oxygen atoms in total. The van der Waals surface area contributed by atoms with Crippen molar-refractivity contribution in [2.75, 3.05) is 19.8 Å². The molecular weight excluding hydrogens is 250 g/mol. The van der Waals surface area contributed by atoms with Crippen molar-refractivity contribution in [3.05, 3.63) is 0 Å². The summed E-state index contributed by atoms with van der Waals surface area (Å²) in [6, 6.07) is -1.28. The first-order valence-corrected chi connectivity index (χ1v) is 7.10. The zero-order valence-electron chi connectivity index (χ0n) is 11.5. The van der Waals surface area contributed by atoms with E-state index < -0.39 is 30.4 Å². The van der Waals surface area contributed by atoms with Crippen LogP contribution in [0.5, 0.6) is 0 Å². The molecule has 0 bridgehead atoms. The molecule has 19 heavy (non-hydrogen) atoms. The topological polar surface area (TPSA) is 104 Å². The minimum Gasteiger partial charge on any atom is -0.395 e. The Morgan fingerprint density at radius 2 is 1.32 bits per heavy atom. The average molecular weight is 277 g/mol. The van der Waals surface area contributed by atoms with Gasteiger partial charge >= 0.3 is 0 Å². The highest BCUT2D eigenvalue weighted by Gasteiger charge is 2.46. The van der Waals surface area contributed by atoms with E-state index in [0.717, 1.165) is 25.7 Å². The van der Waals surface area contributed by atoms with Crippen molar-refractivity contribution in [2.45, 2.75) is 63.0 Å². The smallest absolute Gasteiger partial charge is 0.109 e. The lowest BCUT2D eigenvalue weighted by Crippen LogP contribution is -2.68. The van der Waals surface area contributed by atoms with Gasteiger partial charge in [0.25, 0.3) is 0 Å². The Balaban J connectivity index is 2.69. The van der Waals surface area contributed by atoms with Crippen LogP contribution in [0.2, 0.25) is 0 Å². The second-order valence-corrected chi connectivity index (χ2v) is 5.27. The van der Waals surface area contributed by atoms with Gasteiger partial charge in [-0.1, -0.05) is 26.2 Å². The van der Waals surface area contributed by atoms with Crippen LogP contribution >= 0.6 is 0 Å². The van der Waals surface area contributed by atoms with E-state index in [1.807, 2.05) is 0 Å². The largest absolute Gasteiger partial charge is 0.395 e. The fourth-order valence-corrected chi connectivity index (χ4v) is 2.77. The lowest BCUT2D eigenvalue weighted by Gasteiger charge is -2.48. The van der Waals surface area contributed by atoms with Crippen LogP contribution in [-0.4, -0.2) is 80.6 Å². The van der Waals surface area contributed by atoms with Crippen molar-refractivity contribution in [3.63, 3.8) is 0 Å². The Morgan fingerprint density at radius 1 is 0.789 bits per heavy atom. The number of piperidine rings is 1. The quantitative estimate of drug-likeness (QED) is 0.370. The molecule has 0 aliphatic carbocycles. The second-order valence-electron chi connectivity index (χ2n) is 5.27. The first-order valence-electron chi connectivity index (χ1n) is 7.10.